The Hall–Kier alpha value is -2.83. The van der Waals surface area contributed by atoms with Crippen LogP contribution in [0.4, 0.5) is 5.82 Å². The molecule has 0 aliphatic carbocycles. The highest BCUT2D eigenvalue weighted by atomic mass is 16.5. The minimum atomic E-state index is -1.10. The molecule has 1 atom stereocenters. The number of ether oxygens (including phenoxy) is 2. The molecule has 0 spiro atoms. The van der Waals surface area contributed by atoms with Crippen LogP contribution in [0.2, 0.25) is 0 Å². The van der Waals surface area contributed by atoms with Crippen LogP contribution < -0.4 is 14.8 Å². The van der Waals surface area contributed by atoms with E-state index in [2.05, 4.69) is 15.3 Å². The van der Waals surface area contributed by atoms with E-state index in [0.717, 1.165) is 12.0 Å². The molecule has 1 heterocycles. The van der Waals surface area contributed by atoms with Crippen molar-refractivity contribution in [2.75, 3.05) is 19.0 Å². The molecule has 0 saturated carbocycles. The van der Waals surface area contributed by atoms with E-state index < -0.39 is 5.97 Å². The van der Waals surface area contributed by atoms with Crippen LogP contribution in [0.25, 0.3) is 0 Å². The summed E-state index contributed by atoms with van der Waals surface area (Å²) >= 11 is 0. The molecule has 2 aromatic rings. The molecule has 0 aliphatic heterocycles. The number of benzene rings is 1. The first kappa shape index (κ1) is 17.5. The molecule has 0 amide bonds. The number of nitrogens with zero attached hydrogens (tertiary/aromatic N) is 2. The fraction of sp³-hybridized carbons (Fsp3) is 0.353. The van der Waals surface area contributed by atoms with Gasteiger partial charge in [0.1, 0.15) is 5.82 Å². The Labute approximate surface area is 140 Å². The topological polar surface area (TPSA) is 93.6 Å². The zero-order valence-corrected chi connectivity index (χ0v) is 13.9. The van der Waals surface area contributed by atoms with Crippen LogP contribution in [0.1, 0.15) is 42.4 Å². The summed E-state index contributed by atoms with van der Waals surface area (Å²) in [6.45, 7) is 4.65. The Bertz CT molecular complexity index is 689. The summed E-state index contributed by atoms with van der Waals surface area (Å²) in [4.78, 5) is 18.7. The van der Waals surface area contributed by atoms with Gasteiger partial charge in [-0.1, -0.05) is 13.0 Å². The van der Waals surface area contributed by atoms with Gasteiger partial charge >= 0.3 is 5.97 Å². The lowest BCUT2D eigenvalue weighted by atomic mass is 10.1. The number of nitrogens with one attached hydrogen (secondary N) is 1. The van der Waals surface area contributed by atoms with Crippen molar-refractivity contribution in [3.05, 3.63) is 41.9 Å². The molecular weight excluding hydrogens is 310 g/mol. The zero-order valence-electron chi connectivity index (χ0n) is 13.9. The number of carbonyl (C=O) groups is 1. The second-order valence-corrected chi connectivity index (χ2v) is 5.22. The Kier molecular flexibility index (Phi) is 5.95. The highest BCUT2D eigenvalue weighted by molar-refractivity contribution is 5.84. The van der Waals surface area contributed by atoms with Gasteiger partial charge in [0.15, 0.2) is 17.2 Å². The lowest BCUT2D eigenvalue weighted by Gasteiger charge is -2.17. The normalized spacial score (nSPS) is 11.6. The van der Waals surface area contributed by atoms with Crippen molar-refractivity contribution in [1.82, 2.24) is 9.97 Å². The van der Waals surface area contributed by atoms with Crippen molar-refractivity contribution in [2.24, 2.45) is 0 Å². The molecule has 2 rings (SSSR count). The summed E-state index contributed by atoms with van der Waals surface area (Å²) in [6, 6.07) is 5.66. The molecule has 0 saturated heterocycles. The van der Waals surface area contributed by atoms with E-state index in [1.165, 1.54) is 12.4 Å². The first-order valence-electron chi connectivity index (χ1n) is 7.67. The molecule has 24 heavy (non-hydrogen) atoms. The fourth-order valence-electron chi connectivity index (χ4n) is 2.10. The Balaban J connectivity index is 2.11. The predicted molar refractivity (Wildman–Crippen MR) is 89.8 cm³/mol. The molecule has 2 N–H and O–H groups in total. The number of hydrogen-bond donors (Lipinski definition) is 2. The summed E-state index contributed by atoms with van der Waals surface area (Å²) in [5.74, 6) is 0.773. The van der Waals surface area contributed by atoms with Gasteiger partial charge in [-0.2, -0.15) is 0 Å². The first-order valence-corrected chi connectivity index (χ1v) is 7.67. The molecule has 7 heteroatoms. The van der Waals surface area contributed by atoms with Gasteiger partial charge in [-0.25, -0.2) is 14.8 Å². The third-order valence-electron chi connectivity index (χ3n) is 3.38. The third-order valence-corrected chi connectivity index (χ3v) is 3.38. The second kappa shape index (κ2) is 8.14. The quantitative estimate of drug-likeness (QED) is 0.767. The van der Waals surface area contributed by atoms with E-state index in [1.54, 1.807) is 7.11 Å². The highest BCUT2D eigenvalue weighted by Gasteiger charge is 2.12. The summed E-state index contributed by atoms with van der Waals surface area (Å²) in [7, 11) is 1.60. The van der Waals surface area contributed by atoms with Gasteiger partial charge in [0.05, 0.1) is 32.2 Å². The third kappa shape index (κ3) is 4.34. The number of methoxy groups -OCH3 is 1. The maximum atomic E-state index is 10.8. The summed E-state index contributed by atoms with van der Waals surface area (Å²) in [5.41, 5.74) is 0.895. The minimum absolute atomic E-state index is 0.0656. The summed E-state index contributed by atoms with van der Waals surface area (Å²) in [5, 5.41) is 12.0. The minimum Gasteiger partial charge on any atom is -0.493 e. The van der Waals surface area contributed by atoms with Gasteiger partial charge in [0, 0.05) is 0 Å². The SMILES string of the molecule is CCCOc1ccc(C(C)Nc2cnc(C(=O)O)cn2)cc1OC. The van der Waals surface area contributed by atoms with Gasteiger partial charge in [0.2, 0.25) is 0 Å². The lowest BCUT2D eigenvalue weighted by molar-refractivity contribution is 0.0690. The van der Waals surface area contributed by atoms with Crippen LogP contribution in [0, 0.1) is 0 Å². The van der Waals surface area contributed by atoms with Crippen LogP contribution in [-0.4, -0.2) is 34.8 Å². The molecule has 128 valence electrons. The smallest absolute Gasteiger partial charge is 0.356 e. The Morgan fingerprint density at radius 1 is 1.29 bits per heavy atom. The predicted octanol–water partition coefficient (Wildman–Crippen LogP) is 3.15. The monoisotopic (exact) mass is 331 g/mol. The number of anilines is 1. The number of carboxylic acids is 1. The van der Waals surface area contributed by atoms with Gasteiger partial charge in [-0.15, -0.1) is 0 Å². The van der Waals surface area contributed by atoms with E-state index in [1.807, 2.05) is 32.0 Å². The van der Waals surface area contributed by atoms with Crippen molar-refractivity contribution in [2.45, 2.75) is 26.3 Å². The molecule has 1 aromatic carbocycles. The molecule has 0 fully saturated rings. The highest BCUT2D eigenvalue weighted by Crippen LogP contribution is 2.31. The zero-order chi connectivity index (χ0) is 17.5. The number of aromatic carboxylic acids is 1. The van der Waals surface area contributed by atoms with Crippen molar-refractivity contribution < 1.29 is 19.4 Å². The number of aromatic nitrogens is 2. The average molecular weight is 331 g/mol. The largest absolute Gasteiger partial charge is 0.493 e. The Morgan fingerprint density at radius 3 is 2.67 bits per heavy atom. The summed E-state index contributed by atoms with van der Waals surface area (Å²) < 4.78 is 11.0. The van der Waals surface area contributed by atoms with E-state index in [9.17, 15) is 4.79 Å². The maximum absolute atomic E-state index is 10.8. The van der Waals surface area contributed by atoms with Gasteiger partial charge in [-0.05, 0) is 31.0 Å². The van der Waals surface area contributed by atoms with E-state index in [-0.39, 0.29) is 11.7 Å². The lowest BCUT2D eigenvalue weighted by Crippen LogP contribution is -2.10. The van der Waals surface area contributed by atoms with Gasteiger partial charge < -0.3 is 19.9 Å². The standard InChI is InChI=1S/C17H21N3O4/c1-4-7-24-14-6-5-12(8-15(14)23-3)11(2)20-16-10-18-13(9-19-16)17(21)22/h5-6,8-11H,4,7H2,1-3H3,(H,19,20)(H,21,22). The van der Waals surface area contributed by atoms with Gasteiger partial charge in [0.25, 0.3) is 0 Å². The van der Waals surface area contributed by atoms with E-state index in [0.29, 0.717) is 23.9 Å². The molecule has 0 radical (unpaired) electrons. The number of carboxylic acid groups (broad SMARTS) is 1. The van der Waals surface area contributed by atoms with Crippen LogP contribution in [0.5, 0.6) is 11.5 Å². The van der Waals surface area contributed by atoms with Crippen molar-refractivity contribution in [3.63, 3.8) is 0 Å². The molecule has 7 nitrogen and oxygen atoms in total. The van der Waals surface area contributed by atoms with Crippen molar-refractivity contribution in [3.8, 4) is 11.5 Å². The number of hydrogen-bond acceptors (Lipinski definition) is 6. The van der Waals surface area contributed by atoms with Crippen LogP contribution >= 0.6 is 0 Å². The molecule has 1 aromatic heterocycles. The molecule has 1 unspecified atom stereocenters. The van der Waals surface area contributed by atoms with E-state index in [4.69, 9.17) is 14.6 Å². The first-order chi connectivity index (χ1) is 11.5. The average Bonchev–Trinajstić information content (AvgIpc) is 2.60. The van der Waals surface area contributed by atoms with E-state index >= 15 is 0 Å². The fourth-order valence-corrected chi connectivity index (χ4v) is 2.10. The number of rotatable bonds is 8. The second-order valence-electron chi connectivity index (χ2n) is 5.22. The van der Waals surface area contributed by atoms with Crippen LogP contribution in [0.3, 0.4) is 0 Å². The van der Waals surface area contributed by atoms with Gasteiger partial charge in [-0.3, -0.25) is 0 Å². The van der Waals surface area contributed by atoms with Crippen LogP contribution in [0.15, 0.2) is 30.6 Å². The maximum Gasteiger partial charge on any atom is 0.356 e. The summed E-state index contributed by atoms with van der Waals surface area (Å²) in [6.07, 6.45) is 3.55. The molecule has 0 aliphatic rings. The van der Waals surface area contributed by atoms with Crippen molar-refractivity contribution in [1.29, 1.82) is 0 Å². The molecule has 0 bridgehead atoms. The van der Waals surface area contributed by atoms with Crippen LogP contribution in [-0.2, 0) is 0 Å². The van der Waals surface area contributed by atoms with Crippen molar-refractivity contribution >= 4 is 11.8 Å². The molecular formula is C17H21N3O4. The Morgan fingerprint density at radius 2 is 2.08 bits per heavy atom.